The molecule has 208 valence electrons. The van der Waals surface area contributed by atoms with Crippen LogP contribution in [0, 0.1) is 11.6 Å². The van der Waals surface area contributed by atoms with E-state index in [0.717, 1.165) is 63.8 Å². The van der Waals surface area contributed by atoms with Crippen LogP contribution < -0.4 is 5.32 Å². The SMILES string of the molecule is CN(C)CCc1cc(-c2cccc3c(C[C@H](NC(=O)c4c(F)cccc4F)C(=O)O)cccc23)c2cnccc2c1. The van der Waals surface area contributed by atoms with E-state index in [9.17, 15) is 23.5 Å². The summed E-state index contributed by atoms with van der Waals surface area (Å²) in [7, 11) is 4.08. The first-order valence-electron chi connectivity index (χ1n) is 13.2. The maximum atomic E-state index is 14.2. The lowest BCUT2D eigenvalue weighted by Gasteiger charge is -2.18. The van der Waals surface area contributed by atoms with Gasteiger partial charge in [0.1, 0.15) is 23.2 Å². The first-order chi connectivity index (χ1) is 19.7. The molecule has 2 N–H and O–H groups in total. The molecule has 0 aliphatic rings. The minimum Gasteiger partial charge on any atom is -0.480 e. The van der Waals surface area contributed by atoms with Gasteiger partial charge in [0.15, 0.2) is 0 Å². The van der Waals surface area contributed by atoms with Crippen molar-refractivity contribution in [3.63, 3.8) is 0 Å². The fraction of sp³-hybridized carbons (Fsp3) is 0.182. The zero-order valence-electron chi connectivity index (χ0n) is 22.7. The van der Waals surface area contributed by atoms with E-state index >= 15 is 0 Å². The number of hydrogen-bond acceptors (Lipinski definition) is 4. The van der Waals surface area contributed by atoms with Gasteiger partial charge in [-0.15, -0.1) is 0 Å². The molecule has 0 fully saturated rings. The topological polar surface area (TPSA) is 82.5 Å². The number of nitrogens with zero attached hydrogens (tertiary/aromatic N) is 2. The number of rotatable bonds is 9. The zero-order valence-corrected chi connectivity index (χ0v) is 22.7. The number of carboxylic acids is 1. The van der Waals surface area contributed by atoms with Gasteiger partial charge >= 0.3 is 5.97 Å². The zero-order chi connectivity index (χ0) is 29.1. The first-order valence-corrected chi connectivity index (χ1v) is 13.2. The van der Waals surface area contributed by atoms with Gasteiger partial charge in [0.05, 0.1) is 0 Å². The van der Waals surface area contributed by atoms with Crippen molar-refractivity contribution in [3.05, 3.63) is 114 Å². The summed E-state index contributed by atoms with van der Waals surface area (Å²) in [6, 6.07) is 19.5. The lowest BCUT2D eigenvalue weighted by Crippen LogP contribution is -2.43. The van der Waals surface area contributed by atoms with E-state index in [0.29, 0.717) is 5.56 Å². The molecule has 1 heterocycles. The molecule has 0 saturated heterocycles. The van der Waals surface area contributed by atoms with Crippen LogP contribution in [0.4, 0.5) is 8.78 Å². The van der Waals surface area contributed by atoms with Crippen LogP contribution in [-0.4, -0.2) is 53.5 Å². The summed E-state index contributed by atoms with van der Waals surface area (Å²) in [6.45, 7) is 0.898. The average Bonchev–Trinajstić information content (AvgIpc) is 2.95. The smallest absolute Gasteiger partial charge is 0.326 e. The van der Waals surface area contributed by atoms with Gasteiger partial charge in [-0.05, 0) is 77.1 Å². The third-order valence-corrected chi connectivity index (χ3v) is 7.18. The second kappa shape index (κ2) is 11.8. The summed E-state index contributed by atoms with van der Waals surface area (Å²) in [4.78, 5) is 31.3. The van der Waals surface area contributed by atoms with Crippen LogP contribution in [-0.2, 0) is 17.6 Å². The molecule has 0 saturated carbocycles. The van der Waals surface area contributed by atoms with Gasteiger partial charge in [-0.1, -0.05) is 54.6 Å². The maximum Gasteiger partial charge on any atom is 0.326 e. The predicted molar refractivity (Wildman–Crippen MR) is 156 cm³/mol. The minimum atomic E-state index is -1.41. The molecule has 6 nitrogen and oxygen atoms in total. The molecule has 8 heteroatoms. The Morgan fingerprint density at radius 2 is 1.61 bits per heavy atom. The number of carbonyl (C=O) groups is 2. The van der Waals surface area contributed by atoms with Gasteiger partial charge in [-0.2, -0.15) is 0 Å². The van der Waals surface area contributed by atoms with Crippen LogP contribution in [0.2, 0.25) is 0 Å². The third kappa shape index (κ3) is 5.93. The van der Waals surface area contributed by atoms with Crippen molar-refractivity contribution in [3.8, 4) is 11.1 Å². The summed E-state index contributed by atoms with van der Waals surface area (Å²) < 4.78 is 28.3. The van der Waals surface area contributed by atoms with E-state index in [1.807, 2.05) is 56.7 Å². The normalized spacial score (nSPS) is 12.1. The van der Waals surface area contributed by atoms with Crippen molar-refractivity contribution < 1.29 is 23.5 Å². The summed E-state index contributed by atoms with van der Waals surface area (Å²) in [6.07, 6.45) is 4.41. The average molecular weight is 554 g/mol. The maximum absolute atomic E-state index is 14.2. The van der Waals surface area contributed by atoms with E-state index in [1.54, 1.807) is 12.3 Å². The quantitative estimate of drug-likeness (QED) is 0.239. The third-order valence-electron chi connectivity index (χ3n) is 7.18. The van der Waals surface area contributed by atoms with Gasteiger partial charge in [-0.25, -0.2) is 13.6 Å². The Balaban J connectivity index is 1.54. The highest BCUT2D eigenvalue weighted by molar-refractivity contribution is 6.06. The van der Waals surface area contributed by atoms with Crippen LogP contribution in [0.15, 0.2) is 85.2 Å². The molecule has 0 unspecified atom stereocenters. The highest BCUT2D eigenvalue weighted by Crippen LogP contribution is 2.36. The molecule has 0 spiro atoms. The van der Waals surface area contributed by atoms with E-state index in [1.165, 1.54) is 5.56 Å². The van der Waals surface area contributed by atoms with Crippen LogP contribution in [0.5, 0.6) is 0 Å². The molecule has 1 atom stereocenters. The van der Waals surface area contributed by atoms with E-state index in [2.05, 4.69) is 27.3 Å². The molecule has 0 bridgehead atoms. The molecule has 0 aliphatic carbocycles. The van der Waals surface area contributed by atoms with E-state index in [4.69, 9.17) is 0 Å². The van der Waals surface area contributed by atoms with Crippen molar-refractivity contribution in [1.29, 1.82) is 0 Å². The molecule has 1 amide bonds. The summed E-state index contributed by atoms with van der Waals surface area (Å²) in [5.74, 6) is -4.55. The second-order valence-electron chi connectivity index (χ2n) is 10.3. The van der Waals surface area contributed by atoms with Gasteiger partial charge in [0, 0.05) is 30.7 Å². The molecule has 1 aromatic heterocycles. The highest BCUT2D eigenvalue weighted by Gasteiger charge is 2.25. The molecular formula is C33H29F2N3O3. The molecular weight excluding hydrogens is 524 g/mol. The number of halogens is 2. The molecule has 5 aromatic rings. The lowest BCUT2D eigenvalue weighted by atomic mass is 9.90. The fourth-order valence-electron chi connectivity index (χ4n) is 5.13. The predicted octanol–water partition coefficient (Wildman–Crippen LogP) is 5.86. The summed E-state index contributed by atoms with van der Waals surface area (Å²) >= 11 is 0. The van der Waals surface area contributed by atoms with Crippen molar-refractivity contribution in [2.45, 2.75) is 18.9 Å². The lowest BCUT2D eigenvalue weighted by molar-refractivity contribution is -0.139. The van der Waals surface area contributed by atoms with E-state index in [-0.39, 0.29) is 6.42 Å². The van der Waals surface area contributed by atoms with Gasteiger partial charge in [0.2, 0.25) is 0 Å². The Bertz CT molecular complexity index is 1750. The standard InChI is InChI=1S/C33H29F2N3O3/c1-38(2)15-13-20-16-22-12-14-36-19-27(22)26(17-20)25-9-4-7-23-21(6-3-8-24(23)25)18-30(33(40)41)37-32(39)31-28(34)10-5-11-29(31)35/h3-12,14,16-17,19,30H,13,15,18H2,1-2H3,(H,37,39)(H,40,41)/t30-/m0/s1. The van der Waals surface area contributed by atoms with Crippen molar-refractivity contribution in [2.24, 2.45) is 0 Å². The number of amides is 1. The van der Waals surface area contributed by atoms with E-state index < -0.39 is 35.1 Å². The number of nitrogens with one attached hydrogen (secondary N) is 1. The molecule has 0 radical (unpaired) electrons. The van der Waals surface area contributed by atoms with Crippen LogP contribution in [0.1, 0.15) is 21.5 Å². The Hall–Kier alpha value is -4.69. The van der Waals surface area contributed by atoms with Gasteiger partial charge in [-0.3, -0.25) is 9.78 Å². The van der Waals surface area contributed by atoms with Gasteiger partial charge < -0.3 is 15.3 Å². The highest BCUT2D eigenvalue weighted by atomic mass is 19.1. The van der Waals surface area contributed by atoms with Crippen LogP contribution in [0.25, 0.3) is 32.7 Å². The molecule has 5 rings (SSSR count). The first kappa shape index (κ1) is 27.9. The minimum absolute atomic E-state index is 0.0802. The number of fused-ring (bicyclic) bond motifs is 2. The summed E-state index contributed by atoms with van der Waals surface area (Å²) in [5.41, 5.74) is 3.05. The Morgan fingerprint density at radius 1 is 0.902 bits per heavy atom. The monoisotopic (exact) mass is 553 g/mol. The van der Waals surface area contributed by atoms with Crippen molar-refractivity contribution >= 4 is 33.4 Å². The number of carboxylic acid groups (broad SMARTS) is 1. The Labute approximate surface area is 236 Å². The van der Waals surface area contributed by atoms with Gasteiger partial charge in [0.25, 0.3) is 5.91 Å². The number of carbonyl (C=O) groups excluding carboxylic acids is 1. The van der Waals surface area contributed by atoms with Crippen molar-refractivity contribution in [2.75, 3.05) is 20.6 Å². The summed E-state index contributed by atoms with van der Waals surface area (Å²) in [5, 5.41) is 16.0. The van der Waals surface area contributed by atoms with Crippen LogP contribution in [0.3, 0.4) is 0 Å². The number of hydrogen-bond donors (Lipinski definition) is 2. The Kier molecular flexibility index (Phi) is 8.03. The van der Waals surface area contributed by atoms with Crippen molar-refractivity contribution in [1.82, 2.24) is 15.2 Å². The number of benzene rings is 4. The molecule has 41 heavy (non-hydrogen) atoms. The molecule has 0 aliphatic heterocycles. The number of aromatic nitrogens is 1. The fourth-order valence-corrected chi connectivity index (χ4v) is 5.13. The number of aliphatic carboxylic acids is 1. The second-order valence-corrected chi connectivity index (χ2v) is 10.3. The number of likely N-dealkylation sites (N-methyl/N-ethyl adjacent to an activating group) is 1. The number of pyridine rings is 1. The Morgan fingerprint density at radius 3 is 2.34 bits per heavy atom. The van der Waals surface area contributed by atoms with Crippen LogP contribution >= 0.6 is 0 Å². The molecule has 4 aromatic carbocycles. The largest absolute Gasteiger partial charge is 0.480 e.